The molecule has 128 valence electrons. The largest absolute Gasteiger partial charge is 0.355 e. The van der Waals surface area contributed by atoms with Crippen molar-refractivity contribution in [1.29, 1.82) is 0 Å². The van der Waals surface area contributed by atoms with Crippen LogP contribution in [-0.4, -0.2) is 68.3 Å². The van der Waals surface area contributed by atoms with Gasteiger partial charge in [-0.25, -0.2) is 0 Å². The van der Waals surface area contributed by atoms with Crippen molar-refractivity contribution >= 4 is 29.1 Å². The van der Waals surface area contributed by atoms with E-state index in [1.807, 2.05) is 35.8 Å². The molecule has 1 atom stereocenters. The maximum Gasteiger partial charge on any atom is 0.225 e. The van der Waals surface area contributed by atoms with E-state index in [4.69, 9.17) is 0 Å². The minimum atomic E-state index is 0.149. The van der Waals surface area contributed by atoms with Crippen molar-refractivity contribution in [1.82, 2.24) is 24.7 Å². The third kappa shape index (κ3) is 2.94. The quantitative estimate of drug-likeness (QED) is 0.835. The number of hydrogen-bond acceptors (Lipinski definition) is 6. The summed E-state index contributed by atoms with van der Waals surface area (Å²) >= 11 is 1.95. The number of thioether (sulfide) groups is 1. The first-order valence-electron chi connectivity index (χ1n) is 8.49. The Kier molecular flexibility index (Phi) is 4.30. The summed E-state index contributed by atoms with van der Waals surface area (Å²) in [6.45, 7) is 1.73. The predicted octanol–water partition coefficient (Wildman–Crippen LogP) is 1.30. The van der Waals surface area contributed by atoms with E-state index in [0.717, 1.165) is 49.6 Å². The fraction of sp³-hybridized carbons (Fsp3) is 0.625. The molecule has 4 heterocycles. The standard InChI is InChI=1S/C16H22N6OS/c1-20(13-6-9-24-10-13)16(23)12-4-7-21(8-5-12)15-3-2-14-18-17-11-22(14)19-15/h2-3,11-13H,4-10H2,1H3/t13-/m1/s1. The Bertz CT molecular complexity index is 720. The molecule has 0 N–H and O–H groups in total. The molecule has 0 aromatic carbocycles. The van der Waals surface area contributed by atoms with Gasteiger partial charge < -0.3 is 9.80 Å². The van der Waals surface area contributed by atoms with Crippen molar-refractivity contribution in [3.05, 3.63) is 18.5 Å². The lowest BCUT2D eigenvalue weighted by Gasteiger charge is -2.35. The van der Waals surface area contributed by atoms with Crippen LogP contribution in [0.1, 0.15) is 19.3 Å². The van der Waals surface area contributed by atoms with Crippen LogP contribution in [0.15, 0.2) is 18.5 Å². The Balaban J connectivity index is 1.38. The molecule has 2 aliphatic rings. The van der Waals surface area contributed by atoms with Gasteiger partial charge in [-0.05, 0) is 37.1 Å². The Morgan fingerprint density at radius 2 is 2.12 bits per heavy atom. The van der Waals surface area contributed by atoms with Crippen LogP contribution < -0.4 is 4.90 Å². The number of aromatic nitrogens is 4. The van der Waals surface area contributed by atoms with Gasteiger partial charge in [-0.15, -0.1) is 15.3 Å². The minimum Gasteiger partial charge on any atom is -0.355 e. The number of fused-ring (bicyclic) bond motifs is 1. The molecule has 24 heavy (non-hydrogen) atoms. The number of amides is 1. The first kappa shape index (κ1) is 15.7. The number of piperidine rings is 1. The van der Waals surface area contributed by atoms with Crippen molar-refractivity contribution < 1.29 is 4.79 Å². The molecule has 2 saturated heterocycles. The first-order valence-corrected chi connectivity index (χ1v) is 9.64. The van der Waals surface area contributed by atoms with E-state index >= 15 is 0 Å². The zero-order chi connectivity index (χ0) is 16.5. The lowest BCUT2D eigenvalue weighted by molar-refractivity contribution is -0.136. The lowest BCUT2D eigenvalue weighted by Crippen LogP contribution is -2.45. The Hall–Kier alpha value is -1.83. The summed E-state index contributed by atoms with van der Waals surface area (Å²) < 4.78 is 1.69. The average molecular weight is 346 g/mol. The summed E-state index contributed by atoms with van der Waals surface area (Å²) in [5, 5.41) is 12.4. The van der Waals surface area contributed by atoms with Gasteiger partial charge in [0, 0.05) is 37.8 Å². The average Bonchev–Trinajstić information content (AvgIpc) is 3.31. The number of carbonyl (C=O) groups is 1. The normalized spacial score (nSPS) is 22.2. The van der Waals surface area contributed by atoms with Gasteiger partial charge in [0.05, 0.1) is 0 Å². The molecule has 0 bridgehead atoms. The monoisotopic (exact) mass is 346 g/mol. The zero-order valence-corrected chi connectivity index (χ0v) is 14.7. The van der Waals surface area contributed by atoms with Crippen LogP contribution in [0.4, 0.5) is 5.82 Å². The number of rotatable bonds is 3. The molecule has 8 heteroatoms. The van der Waals surface area contributed by atoms with E-state index in [1.165, 1.54) is 5.75 Å². The summed E-state index contributed by atoms with van der Waals surface area (Å²) in [6.07, 6.45) is 4.54. The van der Waals surface area contributed by atoms with E-state index in [9.17, 15) is 4.79 Å². The molecular formula is C16H22N6OS. The van der Waals surface area contributed by atoms with E-state index < -0.39 is 0 Å². The molecular weight excluding hydrogens is 324 g/mol. The van der Waals surface area contributed by atoms with Gasteiger partial charge in [-0.3, -0.25) is 4.79 Å². The zero-order valence-electron chi connectivity index (χ0n) is 13.8. The fourth-order valence-electron chi connectivity index (χ4n) is 3.54. The third-order valence-electron chi connectivity index (χ3n) is 5.12. The van der Waals surface area contributed by atoms with E-state index in [1.54, 1.807) is 10.8 Å². The number of nitrogens with zero attached hydrogens (tertiary/aromatic N) is 6. The number of anilines is 1. The molecule has 0 saturated carbocycles. The highest BCUT2D eigenvalue weighted by molar-refractivity contribution is 7.99. The second-order valence-electron chi connectivity index (χ2n) is 6.55. The van der Waals surface area contributed by atoms with Gasteiger partial charge in [-0.1, -0.05) is 0 Å². The van der Waals surface area contributed by atoms with Crippen LogP contribution in [0.3, 0.4) is 0 Å². The SMILES string of the molecule is CN(C(=O)C1CCN(c2ccc3nncn3n2)CC1)[C@@H]1CCSC1. The molecule has 1 amide bonds. The van der Waals surface area contributed by atoms with Crippen LogP contribution in [0.2, 0.25) is 0 Å². The maximum absolute atomic E-state index is 12.7. The Labute approximate surface area is 145 Å². The van der Waals surface area contributed by atoms with Gasteiger partial charge >= 0.3 is 0 Å². The van der Waals surface area contributed by atoms with Crippen LogP contribution in [0.25, 0.3) is 5.65 Å². The third-order valence-corrected chi connectivity index (χ3v) is 6.26. The van der Waals surface area contributed by atoms with Crippen LogP contribution in [0, 0.1) is 5.92 Å². The molecule has 2 fully saturated rings. The highest BCUT2D eigenvalue weighted by Gasteiger charge is 2.31. The maximum atomic E-state index is 12.7. The molecule has 2 aliphatic heterocycles. The van der Waals surface area contributed by atoms with Crippen molar-refractivity contribution in [3.8, 4) is 0 Å². The molecule has 0 unspecified atom stereocenters. The highest BCUT2D eigenvalue weighted by Crippen LogP contribution is 2.27. The molecule has 0 radical (unpaired) electrons. The Morgan fingerprint density at radius 1 is 1.29 bits per heavy atom. The highest BCUT2D eigenvalue weighted by atomic mass is 32.2. The molecule has 4 rings (SSSR count). The summed E-state index contributed by atoms with van der Waals surface area (Å²) in [7, 11) is 1.98. The van der Waals surface area contributed by atoms with Gasteiger partial charge in [0.15, 0.2) is 5.65 Å². The summed E-state index contributed by atoms with van der Waals surface area (Å²) in [4.78, 5) is 17.0. The van der Waals surface area contributed by atoms with Crippen molar-refractivity contribution in [2.75, 3.05) is 36.5 Å². The van der Waals surface area contributed by atoms with E-state index in [-0.39, 0.29) is 5.92 Å². The molecule has 7 nitrogen and oxygen atoms in total. The lowest BCUT2D eigenvalue weighted by atomic mass is 9.94. The van der Waals surface area contributed by atoms with Crippen LogP contribution in [0.5, 0.6) is 0 Å². The smallest absolute Gasteiger partial charge is 0.225 e. The minimum absolute atomic E-state index is 0.149. The number of hydrogen-bond donors (Lipinski definition) is 0. The topological polar surface area (TPSA) is 66.6 Å². The summed E-state index contributed by atoms with van der Waals surface area (Å²) in [5.41, 5.74) is 0.750. The summed E-state index contributed by atoms with van der Waals surface area (Å²) in [6, 6.07) is 4.34. The van der Waals surface area contributed by atoms with Crippen molar-refractivity contribution in [2.24, 2.45) is 5.92 Å². The summed E-state index contributed by atoms with van der Waals surface area (Å²) in [5.74, 6) is 3.66. The first-order chi connectivity index (χ1) is 11.7. The number of carbonyl (C=O) groups excluding carboxylic acids is 1. The van der Waals surface area contributed by atoms with Gasteiger partial charge in [0.2, 0.25) is 5.91 Å². The fourth-order valence-corrected chi connectivity index (χ4v) is 4.81. The molecule has 2 aromatic rings. The van der Waals surface area contributed by atoms with Gasteiger partial charge in [0.1, 0.15) is 12.1 Å². The van der Waals surface area contributed by atoms with Gasteiger partial charge in [0.25, 0.3) is 0 Å². The molecule has 2 aromatic heterocycles. The second-order valence-corrected chi connectivity index (χ2v) is 7.70. The molecule has 0 spiro atoms. The van der Waals surface area contributed by atoms with Gasteiger partial charge in [-0.2, -0.15) is 16.3 Å². The van der Waals surface area contributed by atoms with E-state index in [2.05, 4.69) is 20.2 Å². The second kappa shape index (κ2) is 6.58. The Morgan fingerprint density at radius 3 is 2.88 bits per heavy atom. The molecule has 0 aliphatic carbocycles. The van der Waals surface area contributed by atoms with Crippen LogP contribution >= 0.6 is 11.8 Å². The van der Waals surface area contributed by atoms with Crippen molar-refractivity contribution in [3.63, 3.8) is 0 Å². The van der Waals surface area contributed by atoms with Crippen LogP contribution in [-0.2, 0) is 4.79 Å². The predicted molar refractivity (Wildman–Crippen MR) is 94.2 cm³/mol. The van der Waals surface area contributed by atoms with E-state index in [0.29, 0.717) is 11.9 Å². The van der Waals surface area contributed by atoms with Crippen molar-refractivity contribution in [2.45, 2.75) is 25.3 Å².